The highest BCUT2D eigenvalue weighted by Crippen LogP contribution is 2.21. The Morgan fingerprint density at radius 1 is 1.25 bits per heavy atom. The number of cyclic esters (lactones) is 1. The fourth-order valence-corrected chi connectivity index (χ4v) is 3.05. The van der Waals surface area contributed by atoms with Crippen LogP contribution < -0.4 is 0 Å². The Bertz CT molecular complexity index is 766. The van der Waals surface area contributed by atoms with Crippen molar-refractivity contribution in [1.82, 2.24) is 4.90 Å². The molecule has 2 aromatic rings. The lowest BCUT2D eigenvalue weighted by atomic mass is 10.0. The van der Waals surface area contributed by atoms with Crippen molar-refractivity contribution < 1.29 is 18.7 Å². The Kier molecular flexibility index (Phi) is 4.94. The summed E-state index contributed by atoms with van der Waals surface area (Å²) in [5.41, 5.74) is 1.26. The highest BCUT2D eigenvalue weighted by Gasteiger charge is 2.37. The predicted octanol–water partition coefficient (Wildman–Crippen LogP) is 3.72. The van der Waals surface area contributed by atoms with Gasteiger partial charge in [-0.25, -0.2) is 14.1 Å². The Morgan fingerprint density at radius 2 is 2.00 bits per heavy atom. The number of rotatable bonds is 4. The summed E-state index contributed by atoms with van der Waals surface area (Å²) in [7, 11) is 0. The minimum Gasteiger partial charge on any atom is -0.447 e. The van der Waals surface area contributed by atoms with Gasteiger partial charge in [-0.05, 0) is 29.7 Å². The second-order valence-corrected chi connectivity index (χ2v) is 6.51. The van der Waals surface area contributed by atoms with E-state index >= 15 is 0 Å². The van der Waals surface area contributed by atoms with Crippen LogP contribution in [-0.2, 0) is 22.4 Å². The van der Waals surface area contributed by atoms with Crippen molar-refractivity contribution in [2.24, 2.45) is 0 Å². The fourth-order valence-electron chi connectivity index (χ4n) is 2.72. The van der Waals surface area contributed by atoms with Gasteiger partial charge in [0.1, 0.15) is 12.4 Å². The molecule has 0 saturated carbocycles. The quantitative estimate of drug-likeness (QED) is 0.797. The number of amides is 2. The topological polar surface area (TPSA) is 46.6 Å². The van der Waals surface area contributed by atoms with E-state index in [-0.39, 0.29) is 24.6 Å². The average Bonchev–Trinajstić information content (AvgIpc) is 2.91. The number of nitrogens with zero attached hydrogens (tertiary/aromatic N) is 1. The molecule has 1 saturated heterocycles. The molecule has 2 amide bonds. The zero-order valence-corrected chi connectivity index (χ0v) is 14.3. The molecule has 24 heavy (non-hydrogen) atoms. The number of benzene rings is 2. The summed E-state index contributed by atoms with van der Waals surface area (Å²) < 4.78 is 19.5. The van der Waals surface area contributed by atoms with E-state index < -0.39 is 17.8 Å². The second kappa shape index (κ2) is 7.13. The van der Waals surface area contributed by atoms with E-state index in [9.17, 15) is 14.0 Å². The molecular formula is C18H15BrFNO3. The summed E-state index contributed by atoms with van der Waals surface area (Å²) in [6.07, 6.45) is -0.334. The highest BCUT2D eigenvalue weighted by atomic mass is 79.9. The third-order valence-electron chi connectivity index (χ3n) is 3.90. The average molecular weight is 392 g/mol. The molecule has 1 aliphatic heterocycles. The van der Waals surface area contributed by atoms with E-state index in [1.54, 1.807) is 6.07 Å². The molecule has 4 nitrogen and oxygen atoms in total. The van der Waals surface area contributed by atoms with Crippen LogP contribution in [0.2, 0.25) is 0 Å². The summed E-state index contributed by atoms with van der Waals surface area (Å²) in [4.78, 5) is 25.5. The summed E-state index contributed by atoms with van der Waals surface area (Å²) in [5, 5.41) is 0. The minimum absolute atomic E-state index is 0.155. The molecule has 0 aliphatic carbocycles. The van der Waals surface area contributed by atoms with Gasteiger partial charge in [0, 0.05) is 4.47 Å². The Balaban J connectivity index is 1.75. The summed E-state index contributed by atoms with van der Waals surface area (Å²) in [6, 6.07) is 13.7. The van der Waals surface area contributed by atoms with E-state index in [1.807, 2.05) is 30.3 Å². The molecule has 1 heterocycles. The fraction of sp³-hybridized carbons (Fsp3) is 0.222. The van der Waals surface area contributed by atoms with Crippen molar-refractivity contribution in [1.29, 1.82) is 0 Å². The number of ether oxygens (including phenoxy) is 1. The van der Waals surface area contributed by atoms with Gasteiger partial charge >= 0.3 is 6.09 Å². The van der Waals surface area contributed by atoms with Gasteiger partial charge in [-0.15, -0.1) is 0 Å². The molecule has 2 aromatic carbocycles. The number of hydrogen-bond acceptors (Lipinski definition) is 3. The van der Waals surface area contributed by atoms with Crippen LogP contribution in [0.25, 0.3) is 0 Å². The Morgan fingerprint density at radius 3 is 2.71 bits per heavy atom. The molecule has 1 fully saturated rings. The zero-order valence-electron chi connectivity index (χ0n) is 12.7. The van der Waals surface area contributed by atoms with Gasteiger partial charge < -0.3 is 4.74 Å². The van der Waals surface area contributed by atoms with Crippen molar-refractivity contribution in [3.8, 4) is 0 Å². The number of imide groups is 1. The molecule has 124 valence electrons. The van der Waals surface area contributed by atoms with Gasteiger partial charge in [-0.2, -0.15) is 0 Å². The predicted molar refractivity (Wildman–Crippen MR) is 89.9 cm³/mol. The van der Waals surface area contributed by atoms with Gasteiger partial charge in [-0.1, -0.05) is 52.3 Å². The smallest absolute Gasteiger partial charge is 0.416 e. The lowest BCUT2D eigenvalue weighted by Crippen LogP contribution is -2.41. The molecule has 0 spiro atoms. The third-order valence-corrected chi connectivity index (χ3v) is 4.39. The first kappa shape index (κ1) is 16.6. The lowest BCUT2D eigenvalue weighted by molar-refractivity contribution is -0.128. The third kappa shape index (κ3) is 3.64. The molecule has 0 N–H and O–H groups in total. The maximum absolute atomic E-state index is 13.9. The number of halogens is 2. The summed E-state index contributed by atoms with van der Waals surface area (Å²) in [6.45, 7) is 0.155. The van der Waals surface area contributed by atoms with Gasteiger partial charge in [0.15, 0.2) is 0 Å². The highest BCUT2D eigenvalue weighted by molar-refractivity contribution is 9.10. The largest absolute Gasteiger partial charge is 0.447 e. The molecule has 6 heteroatoms. The number of hydrogen-bond donors (Lipinski definition) is 0. The van der Waals surface area contributed by atoms with E-state index in [1.165, 1.54) is 12.1 Å². The van der Waals surface area contributed by atoms with Crippen LogP contribution in [0.4, 0.5) is 9.18 Å². The molecule has 0 aromatic heterocycles. The molecule has 1 aliphatic rings. The molecule has 1 atom stereocenters. The van der Waals surface area contributed by atoms with E-state index in [4.69, 9.17) is 4.74 Å². The van der Waals surface area contributed by atoms with Crippen molar-refractivity contribution >= 4 is 27.9 Å². The van der Waals surface area contributed by atoms with Gasteiger partial charge in [0.25, 0.3) is 0 Å². The van der Waals surface area contributed by atoms with Crippen LogP contribution in [0.1, 0.15) is 11.1 Å². The van der Waals surface area contributed by atoms with Gasteiger partial charge in [-0.3, -0.25) is 4.79 Å². The van der Waals surface area contributed by atoms with E-state index in [2.05, 4.69) is 15.9 Å². The zero-order chi connectivity index (χ0) is 17.1. The standard InChI is InChI=1S/C18H15BrFNO3/c19-14-7-6-13(16(20)10-14)9-17(22)21-15(11-24-18(21)23)8-12-4-2-1-3-5-12/h1-7,10,15H,8-9,11H2. The van der Waals surface area contributed by atoms with Crippen molar-refractivity contribution in [3.05, 3.63) is 69.9 Å². The van der Waals surface area contributed by atoms with Crippen molar-refractivity contribution in [3.63, 3.8) is 0 Å². The van der Waals surface area contributed by atoms with Crippen LogP contribution in [0, 0.1) is 5.82 Å². The molecule has 1 unspecified atom stereocenters. The lowest BCUT2D eigenvalue weighted by Gasteiger charge is -2.20. The minimum atomic E-state index is -0.668. The van der Waals surface area contributed by atoms with Crippen LogP contribution in [0.3, 0.4) is 0 Å². The van der Waals surface area contributed by atoms with Crippen LogP contribution in [0.15, 0.2) is 53.0 Å². The maximum Gasteiger partial charge on any atom is 0.416 e. The number of carbonyl (C=O) groups is 2. The van der Waals surface area contributed by atoms with Gasteiger partial charge in [0.2, 0.25) is 5.91 Å². The summed E-state index contributed by atoms with van der Waals surface area (Å²) in [5.74, 6) is -0.940. The SMILES string of the molecule is O=C(Cc1ccc(Br)cc1F)N1C(=O)OCC1Cc1ccccc1. The normalized spacial score (nSPS) is 17.0. The number of carbonyl (C=O) groups excluding carboxylic acids is 2. The molecule has 0 radical (unpaired) electrons. The Hall–Kier alpha value is -2.21. The monoisotopic (exact) mass is 391 g/mol. The van der Waals surface area contributed by atoms with E-state index in [0.29, 0.717) is 10.9 Å². The first-order chi connectivity index (χ1) is 11.5. The van der Waals surface area contributed by atoms with Gasteiger partial charge in [0.05, 0.1) is 12.5 Å². The maximum atomic E-state index is 13.9. The van der Waals surface area contributed by atoms with E-state index in [0.717, 1.165) is 10.5 Å². The first-order valence-electron chi connectivity index (χ1n) is 7.51. The Labute approximate surface area is 147 Å². The molecule has 3 rings (SSSR count). The van der Waals surface area contributed by atoms with Crippen molar-refractivity contribution in [2.45, 2.75) is 18.9 Å². The first-order valence-corrected chi connectivity index (χ1v) is 8.30. The van der Waals surface area contributed by atoms with Crippen LogP contribution >= 0.6 is 15.9 Å². The van der Waals surface area contributed by atoms with Crippen LogP contribution in [0.5, 0.6) is 0 Å². The summed E-state index contributed by atoms with van der Waals surface area (Å²) >= 11 is 3.18. The van der Waals surface area contributed by atoms with Crippen LogP contribution in [-0.4, -0.2) is 29.5 Å². The van der Waals surface area contributed by atoms with Crippen molar-refractivity contribution in [2.75, 3.05) is 6.61 Å². The molecular weight excluding hydrogens is 377 g/mol. The second-order valence-electron chi connectivity index (χ2n) is 5.60. The molecule has 0 bridgehead atoms.